The van der Waals surface area contributed by atoms with Crippen molar-refractivity contribution in [2.24, 2.45) is 11.7 Å². The fraction of sp³-hybridized carbons (Fsp3) is 0.556. The van der Waals surface area contributed by atoms with Gasteiger partial charge in [0.1, 0.15) is 5.54 Å². The molecule has 2 fully saturated rings. The topological polar surface area (TPSA) is 75.4 Å². The van der Waals surface area contributed by atoms with Crippen LogP contribution in [0.5, 0.6) is 0 Å². The highest BCUT2D eigenvalue weighted by Crippen LogP contribution is 2.34. The monoisotopic (exact) mass is 351 g/mol. The number of nitrogens with zero attached hydrogens (tertiary/aromatic N) is 1. The Bertz CT molecular complexity index is 591. The van der Waals surface area contributed by atoms with E-state index in [9.17, 15) is 9.59 Å². The van der Waals surface area contributed by atoms with Gasteiger partial charge >= 0.3 is 0 Å². The molecule has 132 valence electrons. The smallest absolute Gasteiger partial charge is 0.254 e. The van der Waals surface area contributed by atoms with E-state index in [2.05, 4.69) is 5.32 Å². The number of carbonyl (C=O) groups excluding carboxylic acids is 2. The molecule has 2 aliphatic rings. The molecule has 1 aromatic carbocycles. The molecule has 5 nitrogen and oxygen atoms in total. The van der Waals surface area contributed by atoms with Crippen molar-refractivity contribution in [3.8, 4) is 0 Å². The highest BCUT2D eigenvalue weighted by Gasteiger charge is 2.47. The predicted octanol–water partition coefficient (Wildman–Crippen LogP) is 1.96. The Balaban J connectivity index is 0.00000208. The van der Waals surface area contributed by atoms with Crippen LogP contribution in [0.1, 0.15) is 43.0 Å². The van der Waals surface area contributed by atoms with Crippen LogP contribution in [0.25, 0.3) is 0 Å². The minimum Gasteiger partial charge on any atom is -0.350 e. The Morgan fingerprint density at radius 1 is 1.33 bits per heavy atom. The molecule has 1 aromatic rings. The molecular weight excluding hydrogens is 326 g/mol. The van der Waals surface area contributed by atoms with Crippen molar-refractivity contribution in [1.82, 2.24) is 10.2 Å². The number of nitrogens with one attached hydrogen (secondary N) is 1. The number of likely N-dealkylation sites (tertiary alicyclic amines) is 1. The second-order valence-electron chi connectivity index (χ2n) is 6.85. The van der Waals surface area contributed by atoms with E-state index in [-0.39, 0.29) is 30.3 Å². The van der Waals surface area contributed by atoms with E-state index in [0.717, 1.165) is 19.3 Å². The molecule has 2 unspecified atom stereocenters. The molecule has 2 amide bonds. The number of rotatable bonds is 5. The lowest BCUT2D eigenvalue weighted by molar-refractivity contribution is -0.130. The van der Waals surface area contributed by atoms with Crippen molar-refractivity contribution < 1.29 is 9.59 Å². The van der Waals surface area contributed by atoms with Gasteiger partial charge in [0, 0.05) is 24.7 Å². The molecule has 1 heterocycles. The van der Waals surface area contributed by atoms with Gasteiger partial charge in [0.25, 0.3) is 5.91 Å². The molecule has 1 saturated heterocycles. The first-order valence-corrected chi connectivity index (χ1v) is 8.44. The average molecular weight is 352 g/mol. The lowest BCUT2D eigenvalue weighted by Crippen LogP contribution is -2.58. The van der Waals surface area contributed by atoms with Crippen molar-refractivity contribution >= 4 is 24.2 Å². The number of hydrogen-bond acceptors (Lipinski definition) is 3. The SMILES string of the molecule is CC1(C(=O)NC(CN)C2CC2)CCCN1C(=O)c1ccccc1.Cl. The van der Waals surface area contributed by atoms with E-state index < -0.39 is 5.54 Å². The van der Waals surface area contributed by atoms with Crippen LogP contribution in [0.3, 0.4) is 0 Å². The minimum absolute atomic E-state index is 0. The van der Waals surface area contributed by atoms with Crippen LogP contribution in [0.4, 0.5) is 0 Å². The maximum Gasteiger partial charge on any atom is 0.254 e. The molecule has 6 heteroatoms. The molecule has 0 aromatic heterocycles. The molecule has 1 aliphatic heterocycles. The zero-order valence-electron chi connectivity index (χ0n) is 14.0. The van der Waals surface area contributed by atoms with E-state index in [1.165, 1.54) is 0 Å². The molecule has 24 heavy (non-hydrogen) atoms. The predicted molar refractivity (Wildman–Crippen MR) is 96.1 cm³/mol. The summed E-state index contributed by atoms with van der Waals surface area (Å²) >= 11 is 0. The van der Waals surface area contributed by atoms with Crippen LogP contribution >= 0.6 is 12.4 Å². The summed E-state index contributed by atoms with van der Waals surface area (Å²) in [4.78, 5) is 27.4. The van der Waals surface area contributed by atoms with Gasteiger partial charge in [0.2, 0.25) is 5.91 Å². The molecule has 1 aliphatic carbocycles. The maximum atomic E-state index is 12.9. The van der Waals surface area contributed by atoms with Crippen LogP contribution < -0.4 is 11.1 Å². The third-order valence-corrected chi connectivity index (χ3v) is 5.16. The Morgan fingerprint density at radius 3 is 2.58 bits per heavy atom. The lowest BCUT2D eigenvalue weighted by atomic mass is 9.96. The largest absolute Gasteiger partial charge is 0.350 e. The number of amides is 2. The summed E-state index contributed by atoms with van der Waals surface area (Å²) in [6.07, 6.45) is 3.80. The molecule has 0 spiro atoms. The first kappa shape index (κ1) is 18.7. The first-order chi connectivity index (χ1) is 11.1. The molecule has 0 radical (unpaired) electrons. The summed E-state index contributed by atoms with van der Waals surface area (Å²) in [6, 6.07) is 9.20. The number of halogens is 1. The number of hydrogen-bond donors (Lipinski definition) is 2. The van der Waals surface area contributed by atoms with Crippen molar-refractivity contribution in [2.75, 3.05) is 13.1 Å². The normalized spacial score (nSPS) is 24.2. The van der Waals surface area contributed by atoms with E-state index in [1.54, 1.807) is 17.0 Å². The summed E-state index contributed by atoms with van der Waals surface area (Å²) in [5, 5.41) is 3.09. The van der Waals surface area contributed by atoms with Gasteiger partial charge in [-0.2, -0.15) is 0 Å². The lowest BCUT2D eigenvalue weighted by Gasteiger charge is -2.35. The van der Waals surface area contributed by atoms with Gasteiger partial charge in [-0.05, 0) is 50.7 Å². The van der Waals surface area contributed by atoms with Gasteiger partial charge in [-0.25, -0.2) is 0 Å². The summed E-state index contributed by atoms with van der Waals surface area (Å²) in [5.74, 6) is 0.366. The fourth-order valence-corrected chi connectivity index (χ4v) is 3.45. The van der Waals surface area contributed by atoms with Gasteiger partial charge < -0.3 is 16.0 Å². The van der Waals surface area contributed by atoms with Gasteiger partial charge in [0.05, 0.1) is 0 Å². The van der Waals surface area contributed by atoms with Gasteiger partial charge in [-0.15, -0.1) is 12.4 Å². The summed E-state index contributed by atoms with van der Waals surface area (Å²) in [7, 11) is 0. The summed E-state index contributed by atoms with van der Waals surface area (Å²) in [5.41, 5.74) is 5.64. The van der Waals surface area contributed by atoms with E-state index in [0.29, 0.717) is 31.0 Å². The van der Waals surface area contributed by atoms with Crippen LogP contribution in [0, 0.1) is 5.92 Å². The maximum absolute atomic E-state index is 12.9. The second-order valence-corrected chi connectivity index (χ2v) is 6.85. The molecular formula is C18H26ClN3O2. The van der Waals surface area contributed by atoms with Crippen molar-refractivity contribution in [3.63, 3.8) is 0 Å². The van der Waals surface area contributed by atoms with E-state index >= 15 is 0 Å². The van der Waals surface area contributed by atoms with Gasteiger partial charge in [0.15, 0.2) is 0 Å². The van der Waals surface area contributed by atoms with Crippen LogP contribution in [0.2, 0.25) is 0 Å². The molecule has 1 saturated carbocycles. The van der Waals surface area contributed by atoms with Crippen molar-refractivity contribution in [2.45, 2.75) is 44.2 Å². The molecule has 0 bridgehead atoms. The average Bonchev–Trinajstić information content (AvgIpc) is 3.34. The molecule has 3 rings (SSSR count). The molecule has 3 N–H and O–H groups in total. The highest BCUT2D eigenvalue weighted by atomic mass is 35.5. The van der Waals surface area contributed by atoms with Crippen molar-refractivity contribution in [3.05, 3.63) is 35.9 Å². The quantitative estimate of drug-likeness (QED) is 0.851. The Hall–Kier alpha value is -1.59. The Kier molecular flexibility index (Phi) is 5.88. The van der Waals surface area contributed by atoms with Gasteiger partial charge in [-0.3, -0.25) is 9.59 Å². The Labute approximate surface area is 149 Å². The highest BCUT2D eigenvalue weighted by molar-refractivity contribution is 5.99. The number of benzene rings is 1. The van der Waals surface area contributed by atoms with Crippen LogP contribution in [-0.2, 0) is 4.79 Å². The van der Waals surface area contributed by atoms with Crippen LogP contribution in [-0.4, -0.2) is 41.4 Å². The third-order valence-electron chi connectivity index (χ3n) is 5.16. The minimum atomic E-state index is -0.783. The van der Waals surface area contributed by atoms with Crippen molar-refractivity contribution in [1.29, 1.82) is 0 Å². The van der Waals surface area contributed by atoms with Gasteiger partial charge in [-0.1, -0.05) is 18.2 Å². The number of nitrogens with two attached hydrogens (primary N) is 1. The first-order valence-electron chi connectivity index (χ1n) is 8.44. The second kappa shape index (κ2) is 7.53. The van der Waals surface area contributed by atoms with E-state index in [1.807, 2.05) is 25.1 Å². The zero-order valence-corrected chi connectivity index (χ0v) is 14.8. The van der Waals surface area contributed by atoms with E-state index in [4.69, 9.17) is 5.73 Å². The molecule has 2 atom stereocenters. The third kappa shape index (κ3) is 3.57. The summed E-state index contributed by atoms with van der Waals surface area (Å²) in [6.45, 7) is 2.95. The Morgan fingerprint density at radius 2 is 2.00 bits per heavy atom. The summed E-state index contributed by atoms with van der Waals surface area (Å²) < 4.78 is 0. The number of carbonyl (C=O) groups is 2. The standard InChI is InChI=1S/C18H25N3O2.ClH/c1-18(17(23)20-15(12-19)13-8-9-13)10-5-11-21(18)16(22)14-6-3-2-4-7-14;/h2-4,6-7,13,15H,5,8-12,19H2,1H3,(H,20,23);1H. The van der Waals surface area contributed by atoms with Crippen LogP contribution in [0.15, 0.2) is 30.3 Å². The zero-order chi connectivity index (χ0) is 16.4. The fourth-order valence-electron chi connectivity index (χ4n) is 3.45.